The summed E-state index contributed by atoms with van der Waals surface area (Å²) in [5.74, 6) is 4.01. The zero-order valence-corrected chi connectivity index (χ0v) is 8.32. The molecule has 0 aromatic rings. The molecule has 2 saturated heterocycles. The summed E-state index contributed by atoms with van der Waals surface area (Å²) in [6.07, 6.45) is 9.22. The van der Waals surface area contributed by atoms with Gasteiger partial charge in [0.1, 0.15) is 0 Å². The van der Waals surface area contributed by atoms with E-state index in [4.69, 9.17) is 6.42 Å². The molecule has 3 rings (SSSR count). The zero-order chi connectivity index (χ0) is 9.54. The van der Waals surface area contributed by atoms with Gasteiger partial charge in [0, 0.05) is 13.1 Å². The third kappa shape index (κ3) is 0.971. The van der Waals surface area contributed by atoms with Crippen LogP contribution in [0, 0.1) is 12.3 Å². The summed E-state index contributed by atoms with van der Waals surface area (Å²) in [5, 5.41) is 0. The Hall–Kier alpha value is -1.17. The molecule has 74 valence electrons. The summed E-state index contributed by atoms with van der Waals surface area (Å²) >= 11 is 0. The summed E-state index contributed by atoms with van der Waals surface area (Å²) in [6.45, 7) is 3.26. The minimum absolute atomic E-state index is 0.313. The van der Waals surface area contributed by atoms with E-state index in [0.717, 1.165) is 19.5 Å². The monoisotopic (exact) mass is 189 g/mol. The lowest BCUT2D eigenvalue weighted by Gasteiger charge is -2.42. The van der Waals surface area contributed by atoms with E-state index in [0.29, 0.717) is 12.1 Å². The SMILES string of the molecule is C#CC1CCN1C1=NC[C@H]2CCCN12. The normalized spacial score (nSPS) is 34.9. The number of fused-ring (bicyclic) bond motifs is 1. The van der Waals surface area contributed by atoms with Gasteiger partial charge in [-0.05, 0) is 19.3 Å². The predicted octanol–water partition coefficient (Wildman–Crippen LogP) is 0.528. The van der Waals surface area contributed by atoms with Gasteiger partial charge in [-0.15, -0.1) is 6.42 Å². The predicted molar refractivity (Wildman–Crippen MR) is 56.0 cm³/mol. The third-order valence-electron chi connectivity index (χ3n) is 3.55. The molecule has 3 aliphatic rings. The van der Waals surface area contributed by atoms with Crippen LogP contribution < -0.4 is 0 Å². The summed E-state index contributed by atoms with van der Waals surface area (Å²) < 4.78 is 0. The van der Waals surface area contributed by atoms with Gasteiger partial charge >= 0.3 is 0 Å². The van der Waals surface area contributed by atoms with Gasteiger partial charge in [-0.25, -0.2) is 0 Å². The molecule has 0 aliphatic carbocycles. The highest BCUT2D eigenvalue weighted by molar-refractivity contribution is 5.84. The molecule has 2 atom stereocenters. The first-order chi connectivity index (χ1) is 6.90. The Balaban J connectivity index is 1.77. The first-order valence-electron chi connectivity index (χ1n) is 5.44. The van der Waals surface area contributed by atoms with Crippen LogP contribution in [0.3, 0.4) is 0 Å². The molecule has 14 heavy (non-hydrogen) atoms. The van der Waals surface area contributed by atoms with Crippen molar-refractivity contribution in [1.82, 2.24) is 9.80 Å². The van der Waals surface area contributed by atoms with Crippen molar-refractivity contribution in [2.24, 2.45) is 4.99 Å². The molecule has 0 N–H and O–H groups in total. The smallest absolute Gasteiger partial charge is 0.198 e. The van der Waals surface area contributed by atoms with Crippen molar-refractivity contribution in [1.29, 1.82) is 0 Å². The molecule has 0 aromatic heterocycles. The van der Waals surface area contributed by atoms with E-state index in [9.17, 15) is 0 Å². The fourth-order valence-corrected chi connectivity index (χ4v) is 2.62. The van der Waals surface area contributed by atoms with E-state index >= 15 is 0 Å². The highest BCUT2D eigenvalue weighted by Gasteiger charge is 2.39. The van der Waals surface area contributed by atoms with E-state index in [1.807, 2.05) is 0 Å². The number of hydrogen-bond donors (Lipinski definition) is 0. The molecule has 0 aromatic carbocycles. The topological polar surface area (TPSA) is 18.8 Å². The maximum Gasteiger partial charge on any atom is 0.198 e. The van der Waals surface area contributed by atoms with E-state index in [2.05, 4.69) is 20.7 Å². The summed E-state index contributed by atoms with van der Waals surface area (Å²) in [6, 6.07) is 0.997. The number of aliphatic imine (C=N–C) groups is 1. The van der Waals surface area contributed by atoms with Crippen molar-refractivity contribution < 1.29 is 0 Å². The zero-order valence-electron chi connectivity index (χ0n) is 8.32. The second kappa shape index (κ2) is 2.91. The van der Waals surface area contributed by atoms with E-state index in [1.54, 1.807) is 0 Å². The van der Waals surface area contributed by atoms with Crippen LogP contribution in [0.4, 0.5) is 0 Å². The third-order valence-corrected chi connectivity index (χ3v) is 3.55. The van der Waals surface area contributed by atoms with Crippen LogP contribution in [-0.4, -0.2) is 47.5 Å². The van der Waals surface area contributed by atoms with Crippen molar-refractivity contribution in [3.8, 4) is 12.3 Å². The van der Waals surface area contributed by atoms with E-state index in [1.165, 1.54) is 25.3 Å². The van der Waals surface area contributed by atoms with Crippen molar-refractivity contribution >= 4 is 5.96 Å². The largest absolute Gasteiger partial charge is 0.338 e. The lowest BCUT2D eigenvalue weighted by Crippen LogP contribution is -2.55. The van der Waals surface area contributed by atoms with Crippen LogP contribution in [0.15, 0.2) is 4.99 Å². The maximum absolute atomic E-state index is 5.46. The molecule has 1 unspecified atom stereocenters. The lowest BCUT2D eigenvalue weighted by atomic mass is 10.1. The summed E-state index contributed by atoms with van der Waals surface area (Å²) in [7, 11) is 0. The Bertz CT molecular complexity index is 315. The Kier molecular flexibility index (Phi) is 1.70. The summed E-state index contributed by atoms with van der Waals surface area (Å²) in [5.41, 5.74) is 0. The molecule has 3 nitrogen and oxygen atoms in total. The Morgan fingerprint density at radius 2 is 2.21 bits per heavy atom. The van der Waals surface area contributed by atoms with Crippen molar-refractivity contribution in [3.63, 3.8) is 0 Å². The number of terminal acetylenes is 1. The number of guanidine groups is 1. The number of rotatable bonds is 0. The van der Waals surface area contributed by atoms with Crippen LogP contribution in [-0.2, 0) is 0 Å². The number of nitrogens with zero attached hydrogens (tertiary/aromatic N) is 3. The summed E-state index contributed by atoms with van der Waals surface area (Å²) in [4.78, 5) is 9.34. The molecule has 3 aliphatic heterocycles. The van der Waals surface area contributed by atoms with Gasteiger partial charge in [0.25, 0.3) is 0 Å². The number of likely N-dealkylation sites (tertiary alicyclic amines) is 1. The quantitative estimate of drug-likeness (QED) is 0.518. The number of hydrogen-bond acceptors (Lipinski definition) is 3. The first kappa shape index (κ1) is 8.16. The fraction of sp³-hybridized carbons (Fsp3) is 0.727. The van der Waals surface area contributed by atoms with Gasteiger partial charge in [-0.1, -0.05) is 5.92 Å². The van der Waals surface area contributed by atoms with Crippen molar-refractivity contribution in [3.05, 3.63) is 0 Å². The molecule has 3 heteroatoms. The Morgan fingerprint density at radius 1 is 1.29 bits per heavy atom. The molecular formula is C11H15N3. The average Bonchev–Trinajstić information content (AvgIpc) is 2.68. The second-order valence-corrected chi connectivity index (χ2v) is 4.29. The first-order valence-corrected chi connectivity index (χ1v) is 5.44. The van der Waals surface area contributed by atoms with Gasteiger partial charge in [0.05, 0.1) is 18.6 Å². The highest BCUT2D eigenvalue weighted by Crippen LogP contribution is 2.28. The minimum Gasteiger partial charge on any atom is -0.338 e. The van der Waals surface area contributed by atoms with Crippen LogP contribution >= 0.6 is 0 Å². The Morgan fingerprint density at radius 3 is 2.93 bits per heavy atom. The van der Waals surface area contributed by atoms with Crippen molar-refractivity contribution in [2.45, 2.75) is 31.3 Å². The van der Waals surface area contributed by atoms with Gasteiger partial charge < -0.3 is 9.80 Å². The van der Waals surface area contributed by atoms with Crippen LogP contribution in [0.2, 0.25) is 0 Å². The minimum atomic E-state index is 0.313. The standard InChI is InChI=1S/C11H15N3/c1-2-9-5-7-14(9)11-12-8-10-4-3-6-13(10)11/h1,9-10H,3-8H2/t9?,10-/m1/s1. The molecule has 0 saturated carbocycles. The van der Waals surface area contributed by atoms with E-state index < -0.39 is 0 Å². The molecule has 0 spiro atoms. The molecule has 0 bridgehead atoms. The molecule has 0 amide bonds. The van der Waals surface area contributed by atoms with Gasteiger partial charge in [0.2, 0.25) is 0 Å². The van der Waals surface area contributed by atoms with Crippen LogP contribution in [0.5, 0.6) is 0 Å². The molecular weight excluding hydrogens is 174 g/mol. The maximum atomic E-state index is 5.46. The van der Waals surface area contributed by atoms with Crippen LogP contribution in [0.25, 0.3) is 0 Å². The lowest BCUT2D eigenvalue weighted by molar-refractivity contribution is 0.206. The van der Waals surface area contributed by atoms with Crippen molar-refractivity contribution in [2.75, 3.05) is 19.6 Å². The van der Waals surface area contributed by atoms with Gasteiger partial charge in [0.15, 0.2) is 5.96 Å². The van der Waals surface area contributed by atoms with E-state index in [-0.39, 0.29) is 0 Å². The highest BCUT2D eigenvalue weighted by atomic mass is 15.5. The van der Waals surface area contributed by atoms with Crippen LogP contribution in [0.1, 0.15) is 19.3 Å². The molecule has 2 fully saturated rings. The van der Waals surface area contributed by atoms with Gasteiger partial charge in [-0.3, -0.25) is 4.99 Å². The second-order valence-electron chi connectivity index (χ2n) is 4.29. The Labute approximate surface area is 84.8 Å². The van der Waals surface area contributed by atoms with Gasteiger partial charge in [-0.2, -0.15) is 0 Å². The fourth-order valence-electron chi connectivity index (χ4n) is 2.62. The average molecular weight is 189 g/mol. The molecule has 0 radical (unpaired) electrons. The molecule has 3 heterocycles.